The summed E-state index contributed by atoms with van der Waals surface area (Å²) in [6.07, 6.45) is 1.27. The number of fused-ring (bicyclic) bond motifs is 1. The van der Waals surface area contributed by atoms with Crippen LogP contribution in [0.5, 0.6) is 0 Å². The topological polar surface area (TPSA) is 57.2 Å². The summed E-state index contributed by atoms with van der Waals surface area (Å²) < 4.78 is 98.7. The maximum Gasteiger partial charge on any atom is 0.600 e. The minimum absolute atomic E-state index is 0.445. The van der Waals surface area contributed by atoms with Gasteiger partial charge >= 0.3 is 11.0 Å². The summed E-state index contributed by atoms with van der Waals surface area (Å²) in [4.78, 5) is 0.532. The predicted octanol–water partition coefficient (Wildman–Crippen LogP) is 5.38. The van der Waals surface area contributed by atoms with E-state index in [2.05, 4.69) is 0 Å². The van der Waals surface area contributed by atoms with Crippen LogP contribution >= 0.6 is 10.5 Å². The maximum absolute atomic E-state index is 13.1. The average molecular weight is 408 g/mol. The number of alkyl halides is 6. The molecule has 0 saturated carbocycles. The number of thiophene rings is 1. The van der Waals surface area contributed by atoms with Crippen LogP contribution in [0.25, 0.3) is 10.1 Å². The molecule has 1 aromatic carbocycles. The zero-order valence-electron chi connectivity index (χ0n) is 13.0. The van der Waals surface area contributed by atoms with Crippen LogP contribution in [0.1, 0.15) is 23.8 Å². The van der Waals surface area contributed by atoms with Gasteiger partial charge in [0.1, 0.15) is 0 Å². The molecule has 1 unspecified atom stereocenters. The summed E-state index contributed by atoms with van der Waals surface area (Å²) in [5.74, 6) is 0. The minimum Gasteiger partial charge on any atom is -0.741 e. The highest BCUT2D eigenvalue weighted by molar-refractivity contribution is 7.86. The van der Waals surface area contributed by atoms with E-state index in [0.717, 1.165) is 17.4 Å². The first-order chi connectivity index (χ1) is 11.2. The molecule has 1 aromatic heterocycles. The van der Waals surface area contributed by atoms with E-state index < -0.39 is 31.6 Å². The highest BCUT2D eigenvalue weighted by Crippen LogP contribution is 2.51. The molecule has 0 aliphatic rings. The Morgan fingerprint density at radius 1 is 1.12 bits per heavy atom. The Hall–Kier alpha value is -1.33. The zero-order valence-corrected chi connectivity index (χ0v) is 14.7. The smallest absolute Gasteiger partial charge is 0.600 e. The largest absolute Gasteiger partial charge is 0.741 e. The molecule has 0 aliphatic heterocycles. The molecule has 0 aliphatic carbocycles. The fourth-order valence-corrected chi connectivity index (χ4v) is 4.20. The van der Waals surface area contributed by atoms with E-state index in [1.54, 1.807) is 18.2 Å². The van der Waals surface area contributed by atoms with E-state index in [9.17, 15) is 26.3 Å². The third-order valence-electron chi connectivity index (χ3n) is 3.08. The van der Waals surface area contributed by atoms with Crippen molar-refractivity contribution in [1.29, 1.82) is 0 Å². The van der Waals surface area contributed by atoms with Gasteiger partial charge in [0.2, 0.25) is 0 Å². The van der Waals surface area contributed by atoms with Crippen molar-refractivity contribution in [2.75, 3.05) is 0 Å². The molecule has 11 heteroatoms. The van der Waals surface area contributed by atoms with E-state index in [4.69, 9.17) is 13.0 Å². The van der Waals surface area contributed by atoms with Crippen LogP contribution in [0.3, 0.4) is 0 Å². The number of hydrogen-bond donors (Lipinski definition) is 0. The predicted molar refractivity (Wildman–Crippen MR) is 82.2 cm³/mol. The lowest BCUT2D eigenvalue weighted by Crippen LogP contribution is -2.21. The lowest BCUT2D eigenvalue weighted by Gasteiger charge is -2.08. The van der Waals surface area contributed by atoms with Gasteiger partial charge in [0.15, 0.2) is 19.7 Å². The first-order valence-electron chi connectivity index (χ1n) is 6.83. The Morgan fingerprint density at radius 3 is 2.04 bits per heavy atom. The van der Waals surface area contributed by atoms with Crippen LogP contribution in [0.4, 0.5) is 26.3 Å². The quantitative estimate of drug-likeness (QED) is 0.290. The summed E-state index contributed by atoms with van der Waals surface area (Å²) in [6.45, 7) is 3.77. The van der Waals surface area contributed by atoms with Crippen molar-refractivity contribution in [3.05, 3.63) is 34.7 Å². The highest BCUT2D eigenvalue weighted by Gasteiger charge is 2.47. The number of aryl methyl sites for hydroxylation is 2. The summed E-state index contributed by atoms with van der Waals surface area (Å²) in [5.41, 5.74) is -8.87. The van der Waals surface area contributed by atoms with E-state index >= 15 is 0 Å². The van der Waals surface area contributed by atoms with Crippen LogP contribution in [0, 0.1) is 6.92 Å². The Labute approximate surface area is 143 Å². The van der Waals surface area contributed by atoms with E-state index in [1.807, 2.05) is 19.9 Å². The lowest BCUT2D eigenvalue weighted by atomic mass is 10.1. The number of hydrogen-bond acceptors (Lipinski definition) is 3. The molecule has 3 nitrogen and oxygen atoms in total. The SMILES string of the molecule is CCCc1cc2c(C)cccc2[s+]1C(F)(F)F.O=S(=O)([O-])C(F)(F)F. The molecule has 25 heavy (non-hydrogen) atoms. The van der Waals surface area contributed by atoms with E-state index in [-0.39, 0.29) is 0 Å². The second kappa shape index (κ2) is 7.50. The van der Waals surface area contributed by atoms with Gasteiger partial charge < -0.3 is 4.55 Å². The average Bonchev–Trinajstić information content (AvgIpc) is 2.77. The summed E-state index contributed by atoms with van der Waals surface area (Å²) in [5, 5.41) is 0.775. The van der Waals surface area contributed by atoms with Crippen molar-refractivity contribution >= 4 is 30.7 Å². The normalized spacial score (nSPS) is 13.6. The maximum atomic E-state index is 13.1. The Bertz CT molecular complexity index is 835. The fraction of sp³-hybridized carbons (Fsp3) is 0.429. The fourth-order valence-electron chi connectivity index (χ4n) is 2.07. The number of rotatable bonds is 2. The van der Waals surface area contributed by atoms with Gasteiger partial charge in [-0.15, -0.1) is 13.2 Å². The van der Waals surface area contributed by atoms with Gasteiger partial charge in [-0.1, -0.05) is 19.1 Å². The van der Waals surface area contributed by atoms with Crippen molar-refractivity contribution < 1.29 is 39.3 Å². The molecular formula is C14H14F6O3S2. The first-order valence-corrected chi connectivity index (χ1v) is 9.47. The van der Waals surface area contributed by atoms with Gasteiger partial charge in [-0.2, -0.15) is 13.2 Å². The van der Waals surface area contributed by atoms with Crippen molar-refractivity contribution in [2.24, 2.45) is 0 Å². The third kappa shape index (κ3) is 5.32. The third-order valence-corrected chi connectivity index (χ3v) is 5.75. The Morgan fingerprint density at radius 2 is 1.64 bits per heavy atom. The molecule has 0 amide bonds. The summed E-state index contributed by atoms with van der Waals surface area (Å²) in [7, 11) is -7.80. The standard InChI is InChI=1S/C13H14F3S.CHF3O3S/c1-3-5-10-8-11-9(2)6-4-7-12(11)17(10)13(14,15)16;2-1(3,4)8(5,6)7/h4,6-8H,3,5H2,1-2H3;(H,5,6,7)/q+1;/p-1. The van der Waals surface area contributed by atoms with Gasteiger partial charge in [-0.25, -0.2) is 8.42 Å². The van der Waals surface area contributed by atoms with Crippen molar-refractivity contribution in [3.8, 4) is 0 Å². The Balaban J connectivity index is 0.000000333. The second-order valence-electron chi connectivity index (χ2n) is 5.00. The monoisotopic (exact) mass is 408 g/mol. The van der Waals surface area contributed by atoms with Gasteiger partial charge in [0.25, 0.3) is 0 Å². The van der Waals surface area contributed by atoms with Gasteiger partial charge in [0.05, 0.1) is 10.5 Å². The van der Waals surface area contributed by atoms with Gasteiger partial charge in [-0.3, -0.25) is 0 Å². The van der Waals surface area contributed by atoms with Crippen LogP contribution < -0.4 is 0 Å². The van der Waals surface area contributed by atoms with E-state index in [0.29, 0.717) is 16.0 Å². The van der Waals surface area contributed by atoms with Crippen molar-refractivity contribution in [1.82, 2.24) is 0 Å². The molecule has 0 radical (unpaired) electrons. The molecule has 2 rings (SSSR count). The van der Waals surface area contributed by atoms with Gasteiger partial charge in [-0.05, 0) is 25.0 Å². The summed E-state index contributed by atoms with van der Waals surface area (Å²) in [6, 6.07) is 6.92. The highest BCUT2D eigenvalue weighted by atomic mass is 32.2. The summed E-state index contributed by atoms with van der Waals surface area (Å²) >= 11 is 0. The van der Waals surface area contributed by atoms with Crippen molar-refractivity contribution in [2.45, 2.75) is 37.7 Å². The molecular weight excluding hydrogens is 394 g/mol. The van der Waals surface area contributed by atoms with Crippen LogP contribution in [0.2, 0.25) is 0 Å². The lowest BCUT2D eigenvalue weighted by molar-refractivity contribution is -0.0867. The molecule has 142 valence electrons. The molecule has 0 saturated heterocycles. The first kappa shape index (κ1) is 21.7. The van der Waals surface area contributed by atoms with Crippen LogP contribution in [-0.2, 0) is 22.0 Å². The molecule has 0 N–H and O–H groups in total. The van der Waals surface area contributed by atoms with E-state index in [1.165, 1.54) is 0 Å². The molecule has 0 fully saturated rings. The number of halogens is 6. The molecule has 2 aromatic rings. The van der Waals surface area contributed by atoms with Crippen molar-refractivity contribution in [3.63, 3.8) is 0 Å². The Kier molecular flexibility index (Phi) is 6.52. The molecule has 1 heterocycles. The van der Waals surface area contributed by atoms with Gasteiger partial charge in [0, 0.05) is 17.9 Å². The zero-order chi connectivity index (χ0) is 19.6. The van der Waals surface area contributed by atoms with Crippen LogP contribution in [-0.4, -0.2) is 18.5 Å². The van der Waals surface area contributed by atoms with Crippen LogP contribution in [0.15, 0.2) is 24.3 Å². The molecule has 1 atom stereocenters. The molecule has 0 spiro atoms. The molecule has 0 bridgehead atoms. The number of benzene rings is 1. The minimum atomic E-state index is -6.09. The second-order valence-corrected chi connectivity index (χ2v) is 8.41.